The second kappa shape index (κ2) is 4.00. The highest BCUT2D eigenvalue weighted by Gasteiger charge is 2.15. The minimum absolute atomic E-state index is 0.757. The van der Waals surface area contributed by atoms with Crippen molar-refractivity contribution in [1.29, 1.82) is 0 Å². The van der Waals surface area contributed by atoms with Gasteiger partial charge in [-0.2, -0.15) is 0 Å². The van der Waals surface area contributed by atoms with Gasteiger partial charge in [-0.25, -0.2) is 0 Å². The smallest absolute Gasteiger partial charge is 0.00552 e. The van der Waals surface area contributed by atoms with E-state index in [-0.39, 0.29) is 0 Å². The van der Waals surface area contributed by atoms with Gasteiger partial charge in [0.2, 0.25) is 0 Å². The molecule has 1 aromatic rings. The van der Waals surface area contributed by atoms with Crippen LogP contribution >= 0.6 is 0 Å². The summed E-state index contributed by atoms with van der Waals surface area (Å²) in [6.07, 6.45) is 6.17. The molecule has 74 valence electrons. The van der Waals surface area contributed by atoms with Gasteiger partial charge in [-0.1, -0.05) is 56.2 Å². The average Bonchev–Trinajstić information content (AvgIpc) is 2.61. The molecule has 1 aliphatic rings. The van der Waals surface area contributed by atoms with Gasteiger partial charge in [-0.15, -0.1) is 0 Å². The monoisotopic (exact) mass is 186 g/mol. The third kappa shape index (κ3) is 1.75. The van der Waals surface area contributed by atoms with Crippen LogP contribution in [0, 0.1) is 5.92 Å². The lowest BCUT2D eigenvalue weighted by atomic mass is 9.95. The Hall–Kier alpha value is -1.04. The molecule has 0 amide bonds. The summed E-state index contributed by atoms with van der Waals surface area (Å²) in [5, 5.41) is 0. The quantitative estimate of drug-likeness (QED) is 0.667. The SMILES string of the molecule is CCCC(C)C1=Cc2ccccc2C1. The van der Waals surface area contributed by atoms with E-state index in [0.29, 0.717) is 0 Å². The van der Waals surface area contributed by atoms with Crippen molar-refractivity contribution >= 4 is 6.08 Å². The molecule has 0 heterocycles. The Balaban J connectivity index is 2.15. The van der Waals surface area contributed by atoms with Gasteiger partial charge < -0.3 is 0 Å². The molecule has 14 heavy (non-hydrogen) atoms. The summed E-state index contributed by atoms with van der Waals surface area (Å²) >= 11 is 0. The topological polar surface area (TPSA) is 0 Å². The van der Waals surface area contributed by atoms with Crippen LogP contribution in [-0.2, 0) is 6.42 Å². The lowest BCUT2D eigenvalue weighted by molar-refractivity contribution is 0.596. The van der Waals surface area contributed by atoms with Crippen LogP contribution in [0.1, 0.15) is 37.8 Å². The van der Waals surface area contributed by atoms with E-state index in [1.54, 1.807) is 5.57 Å². The Morgan fingerprint density at radius 2 is 2.07 bits per heavy atom. The van der Waals surface area contributed by atoms with E-state index in [2.05, 4.69) is 44.2 Å². The van der Waals surface area contributed by atoms with Crippen molar-refractivity contribution in [2.45, 2.75) is 33.1 Å². The molecule has 1 atom stereocenters. The van der Waals surface area contributed by atoms with E-state index >= 15 is 0 Å². The lowest BCUT2D eigenvalue weighted by Crippen LogP contribution is -1.98. The molecule has 0 bridgehead atoms. The first-order chi connectivity index (χ1) is 6.81. The van der Waals surface area contributed by atoms with Crippen LogP contribution in [0.4, 0.5) is 0 Å². The number of rotatable bonds is 3. The Bertz CT molecular complexity index is 347. The molecule has 0 saturated carbocycles. The predicted molar refractivity (Wildman–Crippen MR) is 62.2 cm³/mol. The lowest BCUT2D eigenvalue weighted by Gasteiger charge is -2.10. The number of benzene rings is 1. The predicted octanol–water partition coefficient (Wildman–Crippen LogP) is 4.06. The van der Waals surface area contributed by atoms with Crippen molar-refractivity contribution in [3.8, 4) is 0 Å². The molecule has 2 rings (SSSR count). The van der Waals surface area contributed by atoms with Gasteiger partial charge >= 0.3 is 0 Å². The molecule has 1 aromatic carbocycles. The number of hydrogen-bond donors (Lipinski definition) is 0. The van der Waals surface area contributed by atoms with Crippen LogP contribution in [0.3, 0.4) is 0 Å². The van der Waals surface area contributed by atoms with E-state index in [1.807, 2.05) is 0 Å². The van der Waals surface area contributed by atoms with Crippen LogP contribution < -0.4 is 0 Å². The molecular formula is C14H18. The van der Waals surface area contributed by atoms with Gasteiger partial charge in [0.25, 0.3) is 0 Å². The van der Waals surface area contributed by atoms with Crippen molar-refractivity contribution in [2.75, 3.05) is 0 Å². The Morgan fingerprint density at radius 1 is 1.29 bits per heavy atom. The van der Waals surface area contributed by atoms with Crippen molar-refractivity contribution in [3.63, 3.8) is 0 Å². The normalized spacial score (nSPS) is 16.3. The summed E-state index contributed by atoms with van der Waals surface area (Å²) in [6, 6.07) is 8.74. The van der Waals surface area contributed by atoms with E-state index in [0.717, 1.165) is 5.92 Å². The van der Waals surface area contributed by atoms with Crippen LogP contribution in [-0.4, -0.2) is 0 Å². The fourth-order valence-electron chi connectivity index (χ4n) is 2.24. The Kier molecular flexibility index (Phi) is 2.72. The molecule has 0 aromatic heterocycles. The van der Waals surface area contributed by atoms with Crippen molar-refractivity contribution < 1.29 is 0 Å². The van der Waals surface area contributed by atoms with Gasteiger partial charge in [0, 0.05) is 0 Å². The standard InChI is InChI=1S/C14H18/c1-3-6-11(2)14-9-12-7-4-5-8-13(12)10-14/h4-5,7-9,11H,3,6,10H2,1-2H3. The molecule has 0 fully saturated rings. The van der Waals surface area contributed by atoms with Crippen LogP contribution in [0.15, 0.2) is 29.8 Å². The van der Waals surface area contributed by atoms with Crippen molar-refractivity contribution in [2.24, 2.45) is 5.92 Å². The zero-order valence-electron chi connectivity index (χ0n) is 9.09. The van der Waals surface area contributed by atoms with Gasteiger partial charge in [-0.05, 0) is 29.9 Å². The summed E-state index contributed by atoms with van der Waals surface area (Å²) < 4.78 is 0. The Morgan fingerprint density at radius 3 is 2.79 bits per heavy atom. The average molecular weight is 186 g/mol. The van der Waals surface area contributed by atoms with Gasteiger partial charge in [0.1, 0.15) is 0 Å². The van der Waals surface area contributed by atoms with Crippen LogP contribution in [0.25, 0.3) is 6.08 Å². The van der Waals surface area contributed by atoms with Gasteiger partial charge in [0.15, 0.2) is 0 Å². The fraction of sp³-hybridized carbons (Fsp3) is 0.429. The molecular weight excluding hydrogens is 168 g/mol. The van der Waals surface area contributed by atoms with Crippen LogP contribution in [0.2, 0.25) is 0 Å². The van der Waals surface area contributed by atoms with E-state index < -0.39 is 0 Å². The molecule has 0 radical (unpaired) electrons. The second-order valence-corrected chi connectivity index (χ2v) is 4.28. The number of fused-ring (bicyclic) bond motifs is 1. The molecule has 1 unspecified atom stereocenters. The summed E-state index contributed by atoms with van der Waals surface area (Å²) in [4.78, 5) is 0. The highest BCUT2D eigenvalue weighted by atomic mass is 14.2. The van der Waals surface area contributed by atoms with Crippen LogP contribution in [0.5, 0.6) is 0 Å². The first-order valence-electron chi connectivity index (χ1n) is 5.59. The van der Waals surface area contributed by atoms with E-state index in [1.165, 1.54) is 30.4 Å². The molecule has 0 N–H and O–H groups in total. The van der Waals surface area contributed by atoms with Crippen molar-refractivity contribution in [1.82, 2.24) is 0 Å². The highest BCUT2D eigenvalue weighted by Crippen LogP contribution is 2.30. The summed E-state index contributed by atoms with van der Waals surface area (Å²) in [7, 11) is 0. The molecule has 0 nitrogen and oxygen atoms in total. The summed E-state index contributed by atoms with van der Waals surface area (Å²) in [5.41, 5.74) is 4.56. The van der Waals surface area contributed by atoms with Crippen molar-refractivity contribution in [3.05, 3.63) is 41.0 Å². The summed E-state index contributed by atoms with van der Waals surface area (Å²) in [5.74, 6) is 0.757. The van der Waals surface area contributed by atoms with E-state index in [4.69, 9.17) is 0 Å². The maximum atomic E-state index is 2.38. The molecule has 0 saturated heterocycles. The highest BCUT2D eigenvalue weighted by molar-refractivity contribution is 5.63. The summed E-state index contributed by atoms with van der Waals surface area (Å²) in [6.45, 7) is 4.61. The number of allylic oxidation sites excluding steroid dienone is 1. The number of hydrogen-bond acceptors (Lipinski definition) is 0. The maximum Gasteiger partial charge on any atom is -0.00552 e. The van der Waals surface area contributed by atoms with Gasteiger partial charge in [0.05, 0.1) is 0 Å². The fourth-order valence-corrected chi connectivity index (χ4v) is 2.24. The largest absolute Gasteiger partial charge is 0.0654 e. The minimum Gasteiger partial charge on any atom is -0.0654 e. The third-order valence-electron chi connectivity index (χ3n) is 3.15. The second-order valence-electron chi connectivity index (χ2n) is 4.28. The molecule has 0 aliphatic heterocycles. The minimum atomic E-state index is 0.757. The first kappa shape index (κ1) is 9.51. The zero-order chi connectivity index (χ0) is 9.97. The Labute approximate surface area is 86.7 Å². The molecule has 0 heteroatoms. The molecule has 0 spiro atoms. The van der Waals surface area contributed by atoms with E-state index in [9.17, 15) is 0 Å². The molecule has 1 aliphatic carbocycles. The third-order valence-corrected chi connectivity index (χ3v) is 3.15. The first-order valence-corrected chi connectivity index (χ1v) is 5.59. The maximum absolute atomic E-state index is 2.38. The van der Waals surface area contributed by atoms with Gasteiger partial charge in [-0.3, -0.25) is 0 Å². The zero-order valence-corrected chi connectivity index (χ0v) is 9.09.